The number of aryl methyl sites for hydroxylation is 2. The molecule has 4 aromatic rings. The first kappa shape index (κ1) is 30.2. The summed E-state index contributed by atoms with van der Waals surface area (Å²) in [6.07, 6.45) is -2.01. The van der Waals surface area contributed by atoms with Gasteiger partial charge >= 0.3 is 12.1 Å². The molecule has 2 aliphatic rings. The molecule has 0 amide bonds. The summed E-state index contributed by atoms with van der Waals surface area (Å²) in [5.41, 5.74) is 3.52. The first-order valence-corrected chi connectivity index (χ1v) is 15.3. The lowest BCUT2D eigenvalue weighted by Crippen LogP contribution is -2.55. The first-order valence-electron chi connectivity index (χ1n) is 14.2. The number of carboxylic acids is 1. The number of nitrogens with zero attached hydrogens (tertiary/aromatic N) is 7. The van der Waals surface area contributed by atoms with Gasteiger partial charge in [-0.05, 0) is 66.9 Å². The third-order valence-corrected chi connectivity index (χ3v) is 9.99. The summed E-state index contributed by atoms with van der Waals surface area (Å²) < 4.78 is 57.2. The van der Waals surface area contributed by atoms with Crippen molar-refractivity contribution in [2.75, 3.05) is 38.1 Å². The summed E-state index contributed by atoms with van der Waals surface area (Å²) in [5.74, 6) is -2.11. The van der Waals surface area contributed by atoms with Crippen LogP contribution in [0.25, 0.3) is 5.65 Å². The average molecular weight is 628 g/mol. The molecule has 44 heavy (non-hydrogen) atoms. The van der Waals surface area contributed by atoms with E-state index in [1.807, 2.05) is 35.5 Å². The normalized spacial score (nSPS) is 20.3. The van der Waals surface area contributed by atoms with Crippen LogP contribution in [0.4, 0.5) is 19.0 Å². The van der Waals surface area contributed by atoms with E-state index in [4.69, 9.17) is 0 Å². The first-order chi connectivity index (χ1) is 20.9. The number of pyridine rings is 2. The van der Waals surface area contributed by atoms with Crippen LogP contribution in [0.1, 0.15) is 46.0 Å². The lowest BCUT2D eigenvalue weighted by molar-refractivity contribution is -0.145. The molecule has 0 bridgehead atoms. The van der Waals surface area contributed by atoms with Gasteiger partial charge in [-0.25, -0.2) is 13.5 Å². The maximum atomic E-state index is 14.0. The van der Waals surface area contributed by atoms with Crippen molar-refractivity contribution in [2.24, 2.45) is 0 Å². The van der Waals surface area contributed by atoms with Gasteiger partial charge in [-0.3, -0.25) is 9.20 Å². The van der Waals surface area contributed by atoms with Crippen LogP contribution >= 0.6 is 0 Å². The SMILES string of the molecule is Cc1ccc(C(CC(=O)O)c2ccn3c(C(F)(F)F)nnc3c2C)cc1CN1C[C@@H]2CN(C)CCN2c2ncccc2S1=O. The van der Waals surface area contributed by atoms with Crippen molar-refractivity contribution in [2.45, 2.75) is 49.8 Å². The molecular formula is C30H32F3N7O3S. The van der Waals surface area contributed by atoms with Gasteiger partial charge in [0.2, 0.25) is 5.82 Å². The summed E-state index contributed by atoms with van der Waals surface area (Å²) in [6, 6.07) is 10.9. The number of hydrogen-bond acceptors (Lipinski definition) is 7. The van der Waals surface area contributed by atoms with Crippen molar-refractivity contribution in [3.05, 3.63) is 82.4 Å². The molecular weight excluding hydrogens is 595 g/mol. The number of aliphatic carboxylic acids is 1. The van der Waals surface area contributed by atoms with E-state index in [1.54, 1.807) is 19.2 Å². The van der Waals surface area contributed by atoms with Crippen LogP contribution in [0.15, 0.2) is 53.7 Å². The van der Waals surface area contributed by atoms with E-state index in [2.05, 4.69) is 32.0 Å². The van der Waals surface area contributed by atoms with Crippen LogP contribution in [0.2, 0.25) is 0 Å². The number of anilines is 1. The lowest BCUT2D eigenvalue weighted by Gasteiger charge is -2.40. The Morgan fingerprint density at radius 1 is 1.14 bits per heavy atom. The Balaban J connectivity index is 1.37. The molecule has 0 radical (unpaired) electrons. The number of fused-ring (bicyclic) bond motifs is 4. The van der Waals surface area contributed by atoms with Crippen LogP contribution in [0.3, 0.4) is 0 Å². The molecule has 1 aromatic carbocycles. The fourth-order valence-corrected chi connectivity index (χ4v) is 7.63. The Labute approximate surface area is 254 Å². The van der Waals surface area contributed by atoms with E-state index in [0.717, 1.165) is 41.0 Å². The predicted octanol–water partition coefficient (Wildman–Crippen LogP) is 4.03. The molecule has 1 N–H and O–H groups in total. The molecule has 0 saturated carbocycles. The van der Waals surface area contributed by atoms with Crippen LogP contribution < -0.4 is 4.90 Å². The molecule has 14 heteroatoms. The zero-order chi connectivity index (χ0) is 31.3. The summed E-state index contributed by atoms with van der Waals surface area (Å²) in [7, 11) is 0.584. The Morgan fingerprint density at radius 2 is 1.93 bits per heavy atom. The molecule has 10 nitrogen and oxygen atoms in total. The number of piperazine rings is 1. The van der Waals surface area contributed by atoms with Crippen LogP contribution in [-0.2, 0) is 28.5 Å². The van der Waals surface area contributed by atoms with Gasteiger partial charge < -0.3 is 14.9 Å². The lowest BCUT2D eigenvalue weighted by atomic mass is 9.85. The van der Waals surface area contributed by atoms with Gasteiger partial charge in [0, 0.05) is 51.0 Å². The molecule has 1 fully saturated rings. The molecule has 232 valence electrons. The molecule has 5 heterocycles. The number of benzene rings is 1. The number of alkyl halides is 3. The van der Waals surface area contributed by atoms with E-state index in [9.17, 15) is 27.3 Å². The molecule has 6 rings (SSSR count). The van der Waals surface area contributed by atoms with Gasteiger partial charge in [0.1, 0.15) is 16.8 Å². The third-order valence-electron chi connectivity index (χ3n) is 8.54. The Kier molecular flexibility index (Phi) is 7.92. The van der Waals surface area contributed by atoms with Crippen LogP contribution in [-0.4, -0.2) is 83.3 Å². The monoisotopic (exact) mass is 627 g/mol. The van der Waals surface area contributed by atoms with Crippen LogP contribution in [0, 0.1) is 13.8 Å². The highest BCUT2D eigenvalue weighted by Crippen LogP contribution is 2.36. The summed E-state index contributed by atoms with van der Waals surface area (Å²) in [5, 5.41) is 17.0. The van der Waals surface area contributed by atoms with E-state index in [0.29, 0.717) is 34.7 Å². The highest BCUT2D eigenvalue weighted by atomic mass is 32.2. The van der Waals surface area contributed by atoms with E-state index in [-0.39, 0.29) is 18.1 Å². The van der Waals surface area contributed by atoms with Gasteiger partial charge in [-0.1, -0.05) is 18.2 Å². The Morgan fingerprint density at radius 3 is 2.68 bits per heavy atom. The number of hydrogen-bond donors (Lipinski definition) is 1. The van der Waals surface area contributed by atoms with Gasteiger partial charge in [0.05, 0.1) is 17.4 Å². The topological polar surface area (TPSA) is 107 Å². The van der Waals surface area contributed by atoms with E-state index in [1.165, 1.54) is 12.3 Å². The number of carbonyl (C=O) groups is 1. The van der Waals surface area contributed by atoms with Crippen molar-refractivity contribution >= 4 is 28.4 Å². The molecule has 0 aliphatic carbocycles. The number of halogens is 3. The molecule has 2 unspecified atom stereocenters. The van der Waals surface area contributed by atoms with Gasteiger partial charge in [0.25, 0.3) is 0 Å². The van der Waals surface area contributed by atoms with E-state index < -0.39 is 34.9 Å². The Hall–Kier alpha value is -3.88. The molecule has 2 aliphatic heterocycles. The average Bonchev–Trinajstić information content (AvgIpc) is 3.39. The highest BCUT2D eigenvalue weighted by molar-refractivity contribution is 7.82. The quantitative estimate of drug-likeness (QED) is 0.342. The number of carboxylic acid groups (broad SMARTS) is 1. The van der Waals surface area contributed by atoms with Crippen molar-refractivity contribution in [3.63, 3.8) is 0 Å². The fraction of sp³-hybridized carbons (Fsp3) is 0.400. The predicted molar refractivity (Wildman–Crippen MR) is 158 cm³/mol. The minimum absolute atomic E-state index is 0.0202. The van der Waals surface area contributed by atoms with E-state index >= 15 is 0 Å². The number of likely N-dealkylation sites (N-methyl/N-ethyl adjacent to an activating group) is 1. The summed E-state index contributed by atoms with van der Waals surface area (Å²) >= 11 is 0. The summed E-state index contributed by atoms with van der Waals surface area (Å²) in [6.45, 7) is 6.93. The Bertz CT molecular complexity index is 1760. The standard InChI is InChI=1S/C30H32F3N7O3S/c1-18-6-7-20(24(14-26(41)42)23-8-10-40-27(19(23)2)35-36-29(40)30(31,32)33)13-21(18)15-38-17-22-16-37(3)11-12-39(22)28-25(44(38)43)5-4-9-34-28/h4-10,13,22,24H,11-12,14-17H2,1-3H3,(H,41,42)/t22-,24?,44?/m0/s1. The fourth-order valence-electron chi connectivity index (χ4n) is 6.26. The smallest absolute Gasteiger partial charge is 0.452 e. The van der Waals surface area contributed by atoms with Gasteiger partial charge in [0.15, 0.2) is 5.65 Å². The second-order valence-electron chi connectivity index (χ2n) is 11.5. The minimum Gasteiger partial charge on any atom is -0.481 e. The number of aromatic nitrogens is 4. The van der Waals surface area contributed by atoms with Gasteiger partial charge in [-0.15, -0.1) is 10.2 Å². The third kappa shape index (κ3) is 5.57. The molecule has 1 saturated heterocycles. The highest BCUT2D eigenvalue weighted by Gasteiger charge is 2.38. The molecule has 3 atom stereocenters. The van der Waals surface area contributed by atoms with Crippen molar-refractivity contribution in [1.82, 2.24) is 28.8 Å². The zero-order valence-electron chi connectivity index (χ0n) is 24.5. The molecule has 3 aromatic heterocycles. The largest absolute Gasteiger partial charge is 0.481 e. The second kappa shape index (κ2) is 11.6. The zero-order valence-corrected chi connectivity index (χ0v) is 25.3. The van der Waals surface area contributed by atoms with Crippen molar-refractivity contribution < 1.29 is 27.3 Å². The van der Waals surface area contributed by atoms with Gasteiger partial charge in [-0.2, -0.15) is 13.2 Å². The number of rotatable bonds is 6. The summed E-state index contributed by atoms with van der Waals surface area (Å²) in [4.78, 5) is 21.8. The maximum Gasteiger partial charge on any atom is 0.452 e. The molecule has 0 spiro atoms. The van der Waals surface area contributed by atoms with Crippen molar-refractivity contribution in [3.8, 4) is 0 Å². The van der Waals surface area contributed by atoms with Crippen LogP contribution in [0.5, 0.6) is 0 Å². The minimum atomic E-state index is -4.69. The van der Waals surface area contributed by atoms with Crippen molar-refractivity contribution in [1.29, 1.82) is 0 Å². The maximum absolute atomic E-state index is 14.0. The second-order valence-corrected chi connectivity index (χ2v) is 12.9.